The lowest BCUT2D eigenvalue weighted by Crippen LogP contribution is -2.06. The Hall–Kier alpha value is -0.930. The minimum Gasteiger partial charge on any atom is -0.461 e. The molecule has 0 saturated heterocycles. The van der Waals surface area contributed by atoms with E-state index < -0.39 is 18.5 Å². The lowest BCUT2D eigenvalue weighted by Gasteiger charge is -1.99. The molecule has 4 heteroatoms. The summed E-state index contributed by atoms with van der Waals surface area (Å²) >= 11 is 0. The van der Waals surface area contributed by atoms with E-state index in [1.807, 2.05) is 0 Å². The van der Waals surface area contributed by atoms with Crippen molar-refractivity contribution in [2.75, 3.05) is 13.3 Å². The predicted octanol–water partition coefficient (Wildman–Crippen LogP) is 1.76. The van der Waals surface area contributed by atoms with Crippen molar-refractivity contribution in [3.63, 3.8) is 0 Å². The van der Waals surface area contributed by atoms with Crippen molar-refractivity contribution in [2.45, 2.75) is 13.8 Å². The Morgan fingerprint density at radius 1 is 1.55 bits per heavy atom. The van der Waals surface area contributed by atoms with Crippen molar-refractivity contribution < 1.29 is 18.3 Å². The molecule has 0 N–H and O–H groups in total. The van der Waals surface area contributed by atoms with Crippen LogP contribution in [0.4, 0.5) is 8.78 Å². The summed E-state index contributed by atoms with van der Waals surface area (Å²) in [6, 6.07) is 0. The van der Waals surface area contributed by atoms with Gasteiger partial charge in [0.15, 0.2) is 0 Å². The molecule has 0 rings (SSSR count). The first kappa shape index (κ1) is 10.1. The first-order valence-corrected chi connectivity index (χ1v) is 3.21. The molecule has 0 aromatic carbocycles. The second-order valence-electron chi connectivity index (χ2n) is 1.95. The Morgan fingerprint density at radius 3 is 2.45 bits per heavy atom. The van der Waals surface area contributed by atoms with E-state index in [1.165, 1.54) is 6.92 Å². The number of alkyl halides is 1. The molecule has 0 aliphatic carbocycles. The van der Waals surface area contributed by atoms with Crippen LogP contribution in [0.15, 0.2) is 11.4 Å². The second-order valence-corrected chi connectivity index (χ2v) is 1.95. The molecular formula is C7H10F2O2. The van der Waals surface area contributed by atoms with Crippen molar-refractivity contribution >= 4 is 5.97 Å². The summed E-state index contributed by atoms with van der Waals surface area (Å²) in [4.78, 5) is 10.5. The first-order chi connectivity index (χ1) is 5.13. The van der Waals surface area contributed by atoms with Crippen LogP contribution in [-0.4, -0.2) is 19.3 Å². The minimum atomic E-state index is -1.13. The molecule has 2 nitrogen and oxygen atoms in total. The van der Waals surface area contributed by atoms with Crippen LogP contribution >= 0.6 is 0 Å². The lowest BCUT2D eigenvalue weighted by atomic mass is 10.3. The average molecular weight is 164 g/mol. The number of esters is 1. The van der Waals surface area contributed by atoms with Crippen molar-refractivity contribution in [1.29, 1.82) is 0 Å². The van der Waals surface area contributed by atoms with E-state index in [1.54, 1.807) is 6.92 Å². The van der Waals surface area contributed by atoms with Crippen LogP contribution in [0.25, 0.3) is 0 Å². The molecule has 0 aromatic rings. The van der Waals surface area contributed by atoms with Gasteiger partial charge in [0.1, 0.15) is 6.67 Å². The largest absolute Gasteiger partial charge is 0.461 e. The van der Waals surface area contributed by atoms with E-state index in [0.29, 0.717) is 0 Å². The third kappa shape index (κ3) is 3.11. The molecule has 0 unspecified atom stereocenters. The van der Waals surface area contributed by atoms with Gasteiger partial charge in [-0.3, -0.25) is 0 Å². The van der Waals surface area contributed by atoms with E-state index in [0.717, 1.165) is 0 Å². The normalized spacial score (nSPS) is 12.4. The molecule has 0 amide bonds. The number of carbonyl (C=O) groups excluding carboxylic acids is 1. The van der Waals surface area contributed by atoms with Gasteiger partial charge in [-0.15, -0.1) is 0 Å². The van der Waals surface area contributed by atoms with Crippen molar-refractivity contribution in [3.8, 4) is 0 Å². The van der Waals surface area contributed by atoms with E-state index in [2.05, 4.69) is 4.74 Å². The molecule has 0 aliphatic heterocycles. The third-order valence-corrected chi connectivity index (χ3v) is 1.03. The highest BCUT2D eigenvalue weighted by atomic mass is 19.1. The van der Waals surface area contributed by atoms with Crippen LogP contribution in [0.2, 0.25) is 0 Å². The summed E-state index contributed by atoms with van der Waals surface area (Å²) < 4.78 is 28.6. The van der Waals surface area contributed by atoms with Crippen LogP contribution in [0.1, 0.15) is 13.8 Å². The summed E-state index contributed by atoms with van der Waals surface area (Å²) in [5, 5.41) is 0. The Balaban J connectivity index is 4.22. The fraction of sp³-hybridized carbons (Fsp3) is 0.571. The van der Waals surface area contributed by atoms with Gasteiger partial charge in [0, 0.05) is 5.57 Å². The topological polar surface area (TPSA) is 26.3 Å². The van der Waals surface area contributed by atoms with Crippen LogP contribution in [0, 0.1) is 0 Å². The highest BCUT2D eigenvalue weighted by Gasteiger charge is 2.12. The number of hydrogen-bond donors (Lipinski definition) is 0. The van der Waals surface area contributed by atoms with Gasteiger partial charge in [-0.1, -0.05) is 0 Å². The Labute approximate surface area is 63.8 Å². The number of carbonyl (C=O) groups is 1. The Kier molecular flexibility index (Phi) is 4.41. The molecule has 64 valence electrons. The Morgan fingerprint density at radius 2 is 2.09 bits per heavy atom. The van der Waals surface area contributed by atoms with Crippen LogP contribution < -0.4 is 0 Å². The average Bonchev–Trinajstić information content (AvgIpc) is 2.02. The van der Waals surface area contributed by atoms with E-state index >= 15 is 0 Å². The third-order valence-electron chi connectivity index (χ3n) is 1.03. The molecule has 0 radical (unpaired) electrons. The summed E-state index contributed by atoms with van der Waals surface area (Å²) in [6.07, 6.45) is 0. The van der Waals surface area contributed by atoms with Gasteiger partial charge in [0.2, 0.25) is 5.83 Å². The number of rotatable bonds is 3. The molecule has 0 aliphatic rings. The molecule has 0 spiro atoms. The minimum absolute atomic E-state index is 0.0891. The molecule has 0 aromatic heterocycles. The van der Waals surface area contributed by atoms with E-state index in [9.17, 15) is 13.6 Å². The zero-order valence-electron chi connectivity index (χ0n) is 6.49. The maximum absolute atomic E-state index is 12.5. The predicted molar refractivity (Wildman–Crippen MR) is 36.4 cm³/mol. The Bertz CT molecular complexity index is 175. The molecule has 0 fully saturated rings. The van der Waals surface area contributed by atoms with Gasteiger partial charge in [-0.05, 0) is 13.8 Å². The summed E-state index contributed by atoms with van der Waals surface area (Å²) in [5.74, 6) is -2.23. The standard InChI is InChI=1S/C7H10F2O2/c1-3-11-7(10)6(9)5(2)4-8/h3-4H2,1-2H3/b6-5-. The van der Waals surface area contributed by atoms with Gasteiger partial charge in [-0.2, -0.15) is 4.39 Å². The van der Waals surface area contributed by atoms with E-state index in [-0.39, 0.29) is 12.2 Å². The maximum Gasteiger partial charge on any atom is 0.367 e. The van der Waals surface area contributed by atoms with Gasteiger partial charge >= 0.3 is 5.97 Å². The van der Waals surface area contributed by atoms with Gasteiger partial charge in [-0.25, -0.2) is 9.18 Å². The number of halogens is 2. The molecule has 0 bridgehead atoms. The summed E-state index contributed by atoms with van der Waals surface area (Å²) in [7, 11) is 0. The first-order valence-electron chi connectivity index (χ1n) is 3.21. The zero-order valence-corrected chi connectivity index (χ0v) is 6.49. The molecular weight excluding hydrogens is 154 g/mol. The van der Waals surface area contributed by atoms with Crippen LogP contribution in [0.3, 0.4) is 0 Å². The molecule has 11 heavy (non-hydrogen) atoms. The SMILES string of the molecule is CCOC(=O)/C(F)=C(\C)CF. The molecule has 0 heterocycles. The van der Waals surface area contributed by atoms with Crippen molar-refractivity contribution in [2.24, 2.45) is 0 Å². The number of hydrogen-bond acceptors (Lipinski definition) is 2. The molecule has 0 atom stereocenters. The summed E-state index contributed by atoms with van der Waals surface area (Å²) in [5.41, 5.74) is -0.233. The van der Waals surface area contributed by atoms with Gasteiger partial charge in [0.25, 0.3) is 0 Å². The van der Waals surface area contributed by atoms with Crippen LogP contribution in [-0.2, 0) is 9.53 Å². The number of ether oxygens (including phenoxy) is 1. The molecule has 0 saturated carbocycles. The van der Waals surface area contributed by atoms with Crippen molar-refractivity contribution in [3.05, 3.63) is 11.4 Å². The highest BCUT2D eigenvalue weighted by Crippen LogP contribution is 2.07. The monoisotopic (exact) mass is 164 g/mol. The number of allylic oxidation sites excluding steroid dienone is 1. The summed E-state index contributed by atoms with van der Waals surface area (Å²) in [6.45, 7) is 1.87. The van der Waals surface area contributed by atoms with E-state index in [4.69, 9.17) is 0 Å². The fourth-order valence-electron chi connectivity index (χ4n) is 0.427. The van der Waals surface area contributed by atoms with Crippen molar-refractivity contribution in [1.82, 2.24) is 0 Å². The quantitative estimate of drug-likeness (QED) is 0.469. The van der Waals surface area contributed by atoms with Crippen LogP contribution in [0.5, 0.6) is 0 Å². The smallest absolute Gasteiger partial charge is 0.367 e. The second kappa shape index (κ2) is 4.82. The fourth-order valence-corrected chi connectivity index (χ4v) is 0.427. The lowest BCUT2D eigenvalue weighted by molar-refractivity contribution is -0.140. The maximum atomic E-state index is 12.5. The van der Waals surface area contributed by atoms with Gasteiger partial charge in [0.05, 0.1) is 6.61 Å². The zero-order chi connectivity index (χ0) is 8.85. The highest BCUT2D eigenvalue weighted by molar-refractivity contribution is 5.86. The van der Waals surface area contributed by atoms with Gasteiger partial charge < -0.3 is 4.74 Å².